The van der Waals surface area contributed by atoms with Crippen LogP contribution in [0.25, 0.3) is 0 Å². The van der Waals surface area contributed by atoms with E-state index in [2.05, 4.69) is 25.7 Å². The number of hydrogen-bond donors (Lipinski definition) is 0. The molecule has 0 aromatic rings. The summed E-state index contributed by atoms with van der Waals surface area (Å²) in [6, 6.07) is 0. The molecule has 0 saturated carbocycles. The first kappa shape index (κ1) is 38.1. The molecule has 0 aliphatic heterocycles. The molecule has 0 spiro atoms. The number of carbonyl (C=O) groups is 2. The molecular formula is C35H69NO3. The molecule has 0 saturated heterocycles. The topological polar surface area (TPSA) is 46.6 Å². The fourth-order valence-electron chi connectivity index (χ4n) is 5.40. The third kappa shape index (κ3) is 28.4. The summed E-state index contributed by atoms with van der Waals surface area (Å²) in [5.74, 6) is 0.0392. The molecule has 0 radical (unpaired) electrons. The van der Waals surface area contributed by atoms with E-state index in [9.17, 15) is 9.59 Å². The van der Waals surface area contributed by atoms with Gasteiger partial charge in [0.15, 0.2) is 0 Å². The molecule has 0 N–H and O–H groups in total. The molecule has 4 heteroatoms. The Bertz CT molecular complexity index is 494. The number of rotatable bonds is 32. The van der Waals surface area contributed by atoms with Crippen LogP contribution >= 0.6 is 0 Å². The predicted octanol–water partition coefficient (Wildman–Crippen LogP) is 10.6. The first-order chi connectivity index (χ1) is 19.2. The standard InChI is InChI=1S/C35H69NO3/c1-4-7-10-12-15-21-27-34(28-22-16-13-11-8-5-2)39-35(38)29-23-17-14-18-24-31-36(30-9-6-3)32-25-19-20-26-33-37/h33-34H,4-32H2,1-3H3. The third-order valence-corrected chi connectivity index (χ3v) is 8.04. The van der Waals surface area contributed by atoms with Gasteiger partial charge in [0.2, 0.25) is 0 Å². The van der Waals surface area contributed by atoms with Gasteiger partial charge in [-0.15, -0.1) is 0 Å². The van der Waals surface area contributed by atoms with Crippen molar-refractivity contribution in [3.8, 4) is 0 Å². The molecule has 39 heavy (non-hydrogen) atoms. The lowest BCUT2D eigenvalue weighted by Gasteiger charge is -2.22. The van der Waals surface area contributed by atoms with E-state index in [1.807, 2.05) is 0 Å². The van der Waals surface area contributed by atoms with Crippen LogP contribution in [0.1, 0.15) is 188 Å². The van der Waals surface area contributed by atoms with E-state index in [1.54, 1.807) is 0 Å². The fourth-order valence-corrected chi connectivity index (χ4v) is 5.40. The molecule has 0 rings (SSSR count). The van der Waals surface area contributed by atoms with Crippen molar-refractivity contribution in [2.45, 2.75) is 194 Å². The summed E-state index contributed by atoms with van der Waals surface area (Å²) in [6.07, 6.45) is 31.9. The Morgan fingerprint density at radius 1 is 0.564 bits per heavy atom. The van der Waals surface area contributed by atoms with Crippen molar-refractivity contribution in [1.29, 1.82) is 0 Å². The average Bonchev–Trinajstić information content (AvgIpc) is 2.94. The number of unbranched alkanes of at least 4 members (excludes halogenated alkanes) is 18. The van der Waals surface area contributed by atoms with Crippen LogP contribution in [0.15, 0.2) is 0 Å². The number of aldehydes is 1. The van der Waals surface area contributed by atoms with E-state index in [-0.39, 0.29) is 12.1 Å². The molecule has 4 nitrogen and oxygen atoms in total. The molecule has 0 aliphatic carbocycles. The van der Waals surface area contributed by atoms with Gasteiger partial charge in [0.1, 0.15) is 12.4 Å². The Kier molecular flexibility index (Phi) is 30.9. The highest BCUT2D eigenvalue weighted by atomic mass is 16.5. The highest BCUT2D eigenvalue weighted by molar-refractivity contribution is 5.69. The number of nitrogens with zero attached hydrogens (tertiary/aromatic N) is 1. The summed E-state index contributed by atoms with van der Waals surface area (Å²) in [6.45, 7) is 10.4. The second-order valence-electron chi connectivity index (χ2n) is 12.0. The monoisotopic (exact) mass is 552 g/mol. The first-order valence-electron chi connectivity index (χ1n) is 17.5. The quantitative estimate of drug-likeness (QED) is 0.0474. The fraction of sp³-hybridized carbons (Fsp3) is 0.943. The van der Waals surface area contributed by atoms with Crippen LogP contribution in [0.5, 0.6) is 0 Å². The largest absolute Gasteiger partial charge is 0.462 e. The Balaban J connectivity index is 4.11. The number of ether oxygens (including phenoxy) is 1. The van der Waals surface area contributed by atoms with Gasteiger partial charge in [-0.2, -0.15) is 0 Å². The average molecular weight is 552 g/mol. The van der Waals surface area contributed by atoms with Crippen LogP contribution in [-0.4, -0.2) is 42.9 Å². The van der Waals surface area contributed by atoms with Crippen LogP contribution in [-0.2, 0) is 14.3 Å². The van der Waals surface area contributed by atoms with Crippen LogP contribution in [0.3, 0.4) is 0 Å². The molecule has 232 valence electrons. The van der Waals surface area contributed by atoms with Crippen LogP contribution in [0.2, 0.25) is 0 Å². The normalized spacial score (nSPS) is 11.5. The van der Waals surface area contributed by atoms with Gasteiger partial charge < -0.3 is 14.4 Å². The molecule has 0 unspecified atom stereocenters. The minimum absolute atomic E-state index is 0.0392. The van der Waals surface area contributed by atoms with Crippen molar-refractivity contribution in [3.63, 3.8) is 0 Å². The second kappa shape index (κ2) is 31.6. The smallest absolute Gasteiger partial charge is 0.306 e. The minimum Gasteiger partial charge on any atom is -0.462 e. The maximum Gasteiger partial charge on any atom is 0.306 e. The van der Waals surface area contributed by atoms with E-state index in [0.29, 0.717) is 12.8 Å². The van der Waals surface area contributed by atoms with Crippen molar-refractivity contribution in [1.82, 2.24) is 4.90 Å². The molecule has 0 heterocycles. The zero-order valence-corrected chi connectivity index (χ0v) is 26.8. The van der Waals surface area contributed by atoms with Gasteiger partial charge in [-0.1, -0.05) is 117 Å². The van der Waals surface area contributed by atoms with Gasteiger partial charge in [-0.25, -0.2) is 0 Å². The van der Waals surface area contributed by atoms with E-state index in [0.717, 1.165) is 44.8 Å². The summed E-state index contributed by atoms with van der Waals surface area (Å²) in [5.41, 5.74) is 0. The van der Waals surface area contributed by atoms with Crippen molar-refractivity contribution in [2.24, 2.45) is 0 Å². The molecule has 0 aromatic carbocycles. The zero-order chi connectivity index (χ0) is 28.7. The Morgan fingerprint density at radius 2 is 1.00 bits per heavy atom. The van der Waals surface area contributed by atoms with Crippen molar-refractivity contribution >= 4 is 12.3 Å². The summed E-state index contributed by atoms with van der Waals surface area (Å²) in [4.78, 5) is 25.7. The Morgan fingerprint density at radius 3 is 1.54 bits per heavy atom. The van der Waals surface area contributed by atoms with Gasteiger partial charge in [-0.05, 0) is 77.4 Å². The molecule has 0 fully saturated rings. The van der Waals surface area contributed by atoms with Gasteiger partial charge >= 0.3 is 5.97 Å². The van der Waals surface area contributed by atoms with Crippen LogP contribution < -0.4 is 0 Å². The molecule has 0 bridgehead atoms. The summed E-state index contributed by atoms with van der Waals surface area (Å²) in [7, 11) is 0. The van der Waals surface area contributed by atoms with Crippen molar-refractivity contribution in [2.75, 3.05) is 19.6 Å². The SMILES string of the molecule is CCCCCCCCC(CCCCCCCC)OC(=O)CCCCCCCN(CCCC)CCCCCC=O. The minimum atomic E-state index is 0.0392. The van der Waals surface area contributed by atoms with Gasteiger partial charge in [0, 0.05) is 12.8 Å². The second-order valence-corrected chi connectivity index (χ2v) is 12.0. The van der Waals surface area contributed by atoms with E-state index >= 15 is 0 Å². The Labute approximate surface area is 244 Å². The zero-order valence-electron chi connectivity index (χ0n) is 26.8. The van der Waals surface area contributed by atoms with E-state index in [1.165, 1.54) is 135 Å². The molecule has 0 atom stereocenters. The number of hydrogen-bond acceptors (Lipinski definition) is 4. The van der Waals surface area contributed by atoms with Crippen molar-refractivity contribution in [3.05, 3.63) is 0 Å². The summed E-state index contributed by atoms with van der Waals surface area (Å²) in [5, 5.41) is 0. The maximum absolute atomic E-state index is 12.6. The van der Waals surface area contributed by atoms with Gasteiger partial charge in [0.25, 0.3) is 0 Å². The summed E-state index contributed by atoms with van der Waals surface area (Å²) < 4.78 is 6.00. The van der Waals surface area contributed by atoms with E-state index in [4.69, 9.17) is 4.74 Å². The van der Waals surface area contributed by atoms with E-state index < -0.39 is 0 Å². The number of esters is 1. The van der Waals surface area contributed by atoms with Gasteiger partial charge in [-0.3, -0.25) is 4.79 Å². The third-order valence-electron chi connectivity index (χ3n) is 8.04. The molecular weight excluding hydrogens is 482 g/mol. The lowest BCUT2D eigenvalue weighted by molar-refractivity contribution is -0.150. The van der Waals surface area contributed by atoms with Crippen LogP contribution in [0, 0.1) is 0 Å². The van der Waals surface area contributed by atoms with Gasteiger partial charge in [0.05, 0.1) is 0 Å². The Hall–Kier alpha value is -0.900. The highest BCUT2D eigenvalue weighted by Crippen LogP contribution is 2.18. The summed E-state index contributed by atoms with van der Waals surface area (Å²) >= 11 is 0. The van der Waals surface area contributed by atoms with Crippen LogP contribution in [0.4, 0.5) is 0 Å². The van der Waals surface area contributed by atoms with Crippen molar-refractivity contribution < 1.29 is 14.3 Å². The lowest BCUT2D eigenvalue weighted by Crippen LogP contribution is -2.27. The first-order valence-corrected chi connectivity index (χ1v) is 17.5. The molecule has 0 amide bonds. The lowest BCUT2D eigenvalue weighted by atomic mass is 10.0. The molecule has 0 aliphatic rings. The highest BCUT2D eigenvalue weighted by Gasteiger charge is 2.14. The maximum atomic E-state index is 12.6. The number of carbonyl (C=O) groups excluding carboxylic acids is 2. The predicted molar refractivity (Wildman–Crippen MR) is 169 cm³/mol. The molecule has 0 aromatic heterocycles.